The number of rotatable bonds is 3. The second-order valence-corrected chi connectivity index (χ2v) is 9.13. The lowest BCUT2D eigenvalue weighted by molar-refractivity contribution is -0.144. The molecule has 2 saturated heterocycles. The molecule has 4 rings (SSSR count). The number of benzene rings is 1. The smallest absolute Gasteiger partial charge is 0.399 e. The average molecular weight is 398 g/mol. The number of hydrogen-bond acceptors (Lipinski definition) is 6. The lowest BCUT2D eigenvalue weighted by atomic mass is 9.77. The molecule has 29 heavy (non-hydrogen) atoms. The summed E-state index contributed by atoms with van der Waals surface area (Å²) in [6.45, 7) is 10.5. The number of carbonyl (C=O) groups excluding carboxylic acids is 1. The van der Waals surface area contributed by atoms with Gasteiger partial charge in [-0.05, 0) is 46.1 Å². The minimum Gasteiger partial charge on any atom is -0.399 e. The number of likely N-dealkylation sites (N-methyl/N-ethyl adjacent to an activating group) is 1. The molecule has 1 atom stereocenters. The standard InChI is InChI=1S/C21H27BN2O5/c1-13-9-14(11-15(10-13)22-28-19(2,3)20(4,5)29-22)16-12-17(27-23-16)21(26)7-8-24(6)18(21)25/h9-12,26H,7-8H2,1-6H3/t21-/m1/s1. The number of likely N-dealkylation sites (tertiary alicyclic amines) is 1. The molecule has 0 bridgehead atoms. The summed E-state index contributed by atoms with van der Waals surface area (Å²) in [7, 11) is 1.17. The van der Waals surface area contributed by atoms with Crippen LogP contribution in [0.2, 0.25) is 0 Å². The van der Waals surface area contributed by atoms with Crippen molar-refractivity contribution in [1.82, 2.24) is 10.1 Å². The van der Waals surface area contributed by atoms with Crippen LogP contribution in [0.5, 0.6) is 0 Å². The summed E-state index contributed by atoms with van der Waals surface area (Å²) in [5, 5.41) is 14.9. The highest BCUT2D eigenvalue weighted by molar-refractivity contribution is 6.62. The van der Waals surface area contributed by atoms with E-state index >= 15 is 0 Å². The molecule has 0 spiro atoms. The van der Waals surface area contributed by atoms with Gasteiger partial charge in [-0.2, -0.15) is 0 Å². The summed E-state index contributed by atoms with van der Waals surface area (Å²) in [5.41, 5.74) is 0.759. The fraction of sp³-hybridized carbons (Fsp3) is 0.524. The Balaban J connectivity index is 1.66. The van der Waals surface area contributed by atoms with Gasteiger partial charge in [0.2, 0.25) is 5.60 Å². The van der Waals surface area contributed by atoms with Gasteiger partial charge in [0.05, 0.1) is 11.2 Å². The molecule has 154 valence electrons. The summed E-state index contributed by atoms with van der Waals surface area (Å²) >= 11 is 0. The fourth-order valence-corrected chi connectivity index (χ4v) is 3.76. The Kier molecular flexibility index (Phi) is 4.46. The van der Waals surface area contributed by atoms with Crippen LogP contribution in [0, 0.1) is 6.92 Å². The van der Waals surface area contributed by atoms with E-state index in [1.165, 1.54) is 4.90 Å². The molecule has 0 unspecified atom stereocenters. The maximum atomic E-state index is 12.3. The van der Waals surface area contributed by atoms with Gasteiger partial charge in [0.1, 0.15) is 5.69 Å². The quantitative estimate of drug-likeness (QED) is 0.797. The Morgan fingerprint density at radius 1 is 1.10 bits per heavy atom. The van der Waals surface area contributed by atoms with E-state index in [0.717, 1.165) is 16.6 Å². The summed E-state index contributed by atoms with van der Waals surface area (Å²) in [6, 6.07) is 7.59. The van der Waals surface area contributed by atoms with E-state index in [1.54, 1.807) is 13.1 Å². The molecule has 2 aromatic rings. The summed E-state index contributed by atoms with van der Waals surface area (Å²) < 4.78 is 17.7. The maximum Gasteiger partial charge on any atom is 0.494 e. The third kappa shape index (κ3) is 3.19. The molecule has 2 aliphatic rings. The van der Waals surface area contributed by atoms with Gasteiger partial charge in [0, 0.05) is 31.6 Å². The molecule has 1 amide bonds. The Morgan fingerprint density at radius 2 is 1.76 bits per heavy atom. The minimum absolute atomic E-state index is 0.167. The molecule has 3 heterocycles. The van der Waals surface area contributed by atoms with Crippen LogP contribution in [-0.4, -0.2) is 53.0 Å². The number of aromatic nitrogens is 1. The van der Waals surface area contributed by atoms with Gasteiger partial charge < -0.3 is 23.8 Å². The third-order valence-corrected chi connectivity index (χ3v) is 6.35. The van der Waals surface area contributed by atoms with Crippen molar-refractivity contribution in [2.75, 3.05) is 13.6 Å². The molecule has 7 nitrogen and oxygen atoms in total. The number of carbonyl (C=O) groups is 1. The first-order valence-corrected chi connectivity index (χ1v) is 9.86. The van der Waals surface area contributed by atoms with Crippen molar-refractivity contribution in [3.8, 4) is 11.3 Å². The monoisotopic (exact) mass is 398 g/mol. The van der Waals surface area contributed by atoms with Crippen molar-refractivity contribution in [1.29, 1.82) is 0 Å². The van der Waals surface area contributed by atoms with Gasteiger partial charge in [0.15, 0.2) is 5.76 Å². The topological polar surface area (TPSA) is 85.0 Å². The van der Waals surface area contributed by atoms with Gasteiger partial charge in [-0.15, -0.1) is 0 Å². The Bertz CT molecular complexity index is 954. The first-order valence-electron chi connectivity index (χ1n) is 9.86. The van der Waals surface area contributed by atoms with Crippen molar-refractivity contribution in [2.45, 2.75) is 57.8 Å². The molecule has 2 fully saturated rings. The van der Waals surface area contributed by atoms with Gasteiger partial charge in [0.25, 0.3) is 5.91 Å². The van der Waals surface area contributed by atoms with E-state index in [4.69, 9.17) is 13.8 Å². The van der Waals surface area contributed by atoms with Crippen molar-refractivity contribution in [2.24, 2.45) is 0 Å². The molecule has 1 aromatic carbocycles. The third-order valence-electron chi connectivity index (χ3n) is 6.35. The average Bonchev–Trinajstić information content (AvgIpc) is 3.28. The lowest BCUT2D eigenvalue weighted by Gasteiger charge is -2.32. The highest BCUT2D eigenvalue weighted by Gasteiger charge is 2.52. The van der Waals surface area contributed by atoms with E-state index in [9.17, 15) is 9.90 Å². The molecular formula is C21H27BN2O5. The zero-order chi connectivity index (χ0) is 21.2. The first-order chi connectivity index (χ1) is 13.4. The summed E-state index contributed by atoms with van der Waals surface area (Å²) in [5.74, 6) is -0.206. The second-order valence-electron chi connectivity index (χ2n) is 9.13. The largest absolute Gasteiger partial charge is 0.494 e. The zero-order valence-corrected chi connectivity index (χ0v) is 17.8. The molecule has 0 radical (unpaired) electrons. The number of hydrogen-bond donors (Lipinski definition) is 1. The zero-order valence-electron chi connectivity index (χ0n) is 17.8. The molecule has 8 heteroatoms. The van der Waals surface area contributed by atoms with E-state index < -0.39 is 23.9 Å². The number of amides is 1. The van der Waals surface area contributed by atoms with Crippen LogP contribution in [0.3, 0.4) is 0 Å². The van der Waals surface area contributed by atoms with Crippen LogP contribution in [0.25, 0.3) is 11.3 Å². The number of aliphatic hydroxyl groups is 1. The highest BCUT2D eigenvalue weighted by atomic mass is 16.7. The van der Waals surface area contributed by atoms with Crippen molar-refractivity contribution < 1.29 is 23.7 Å². The predicted octanol–water partition coefficient (Wildman–Crippen LogP) is 2.00. The van der Waals surface area contributed by atoms with E-state index in [0.29, 0.717) is 12.2 Å². The van der Waals surface area contributed by atoms with Crippen LogP contribution in [0.4, 0.5) is 0 Å². The lowest BCUT2D eigenvalue weighted by Crippen LogP contribution is -2.41. The normalized spacial score (nSPS) is 25.8. The first kappa shape index (κ1) is 20.1. The Morgan fingerprint density at radius 3 is 2.34 bits per heavy atom. The molecule has 0 saturated carbocycles. The molecule has 1 aromatic heterocycles. The highest BCUT2D eigenvalue weighted by Crippen LogP contribution is 2.37. The van der Waals surface area contributed by atoms with Gasteiger partial charge >= 0.3 is 7.12 Å². The number of nitrogens with zero attached hydrogens (tertiary/aromatic N) is 2. The van der Waals surface area contributed by atoms with Crippen LogP contribution in [0.15, 0.2) is 28.8 Å². The molecule has 1 N–H and O–H groups in total. The summed E-state index contributed by atoms with van der Waals surface area (Å²) in [6.07, 6.45) is 0.282. The number of aryl methyl sites for hydroxylation is 1. The second kappa shape index (κ2) is 6.42. The minimum atomic E-state index is -1.65. The van der Waals surface area contributed by atoms with E-state index in [2.05, 4.69) is 5.16 Å². The van der Waals surface area contributed by atoms with Crippen LogP contribution in [-0.2, 0) is 19.7 Å². The van der Waals surface area contributed by atoms with Crippen LogP contribution >= 0.6 is 0 Å². The van der Waals surface area contributed by atoms with Gasteiger partial charge in [-0.3, -0.25) is 4.79 Å². The van der Waals surface area contributed by atoms with Gasteiger partial charge in [-0.1, -0.05) is 22.9 Å². The fourth-order valence-electron chi connectivity index (χ4n) is 3.76. The van der Waals surface area contributed by atoms with Crippen LogP contribution in [0.1, 0.15) is 45.4 Å². The molecular weight excluding hydrogens is 371 g/mol. The predicted molar refractivity (Wildman–Crippen MR) is 109 cm³/mol. The van der Waals surface area contributed by atoms with Crippen molar-refractivity contribution in [3.05, 3.63) is 35.6 Å². The molecule has 0 aliphatic carbocycles. The van der Waals surface area contributed by atoms with E-state index in [1.807, 2.05) is 52.8 Å². The van der Waals surface area contributed by atoms with Gasteiger partial charge in [-0.25, -0.2) is 0 Å². The maximum absolute atomic E-state index is 12.3. The van der Waals surface area contributed by atoms with E-state index in [-0.39, 0.29) is 18.1 Å². The van der Waals surface area contributed by atoms with Crippen molar-refractivity contribution >= 4 is 18.5 Å². The molecule has 2 aliphatic heterocycles. The Labute approximate surface area is 171 Å². The SMILES string of the molecule is Cc1cc(B2OC(C)(C)C(C)(C)O2)cc(-c2cc([C@]3(O)CCN(C)C3=O)on2)c1. The van der Waals surface area contributed by atoms with Crippen molar-refractivity contribution in [3.63, 3.8) is 0 Å². The summed E-state index contributed by atoms with van der Waals surface area (Å²) in [4.78, 5) is 13.8. The van der Waals surface area contributed by atoms with Crippen LogP contribution < -0.4 is 5.46 Å². The Hall–Kier alpha value is -2.16.